The molecule has 0 aliphatic heterocycles. The molecule has 7 heteroatoms. The second-order valence-electron chi connectivity index (χ2n) is 3.68. The number of phenolic OH excluding ortho intramolecular Hbond substituents is 1. The quantitative estimate of drug-likeness (QED) is 0.716. The highest BCUT2D eigenvalue weighted by molar-refractivity contribution is 8.22. The summed E-state index contributed by atoms with van der Waals surface area (Å²) in [6.45, 7) is 2.32. The number of phenols is 1. The van der Waals surface area contributed by atoms with E-state index in [9.17, 15) is 9.90 Å². The fourth-order valence-electron chi connectivity index (χ4n) is 1.35. The van der Waals surface area contributed by atoms with Gasteiger partial charge in [0.1, 0.15) is 11.8 Å². The number of aromatic hydroxyl groups is 1. The first-order valence-electron chi connectivity index (χ1n) is 5.55. The van der Waals surface area contributed by atoms with Gasteiger partial charge in [-0.2, -0.15) is 0 Å². The Morgan fingerprint density at radius 2 is 2.26 bits per heavy atom. The minimum atomic E-state index is -1.12. The van der Waals surface area contributed by atoms with Gasteiger partial charge in [0.15, 0.2) is 0 Å². The molecule has 0 radical (unpaired) electrons. The summed E-state index contributed by atoms with van der Waals surface area (Å²) < 4.78 is 5.50. The number of ether oxygens (including phenoxy) is 1. The first kappa shape index (κ1) is 15.7. The molecule has 0 aliphatic carbocycles. The van der Waals surface area contributed by atoms with Crippen molar-refractivity contribution in [1.29, 1.82) is 0 Å². The zero-order valence-corrected chi connectivity index (χ0v) is 12.0. The maximum atomic E-state index is 10.8. The zero-order chi connectivity index (χ0) is 14.4. The van der Waals surface area contributed by atoms with Crippen LogP contribution in [0.4, 0.5) is 0 Å². The molecule has 1 rings (SSSR count). The van der Waals surface area contributed by atoms with Crippen LogP contribution in [0.5, 0.6) is 5.75 Å². The van der Waals surface area contributed by atoms with Crippen LogP contribution in [0.2, 0.25) is 0 Å². The maximum absolute atomic E-state index is 10.8. The van der Waals surface area contributed by atoms with Crippen molar-refractivity contribution in [2.75, 3.05) is 6.61 Å². The third kappa shape index (κ3) is 4.70. The van der Waals surface area contributed by atoms with E-state index in [0.29, 0.717) is 27.9 Å². The summed E-state index contributed by atoms with van der Waals surface area (Å²) in [5.41, 5.74) is 6.53. The molecular formula is C12H15NO4S2. The highest BCUT2D eigenvalue weighted by Crippen LogP contribution is 2.26. The fraction of sp³-hybridized carbons (Fsp3) is 0.333. The van der Waals surface area contributed by atoms with Crippen molar-refractivity contribution < 1.29 is 19.7 Å². The van der Waals surface area contributed by atoms with E-state index >= 15 is 0 Å². The Balaban J connectivity index is 2.80. The number of thioether (sulfide) groups is 1. The number of benzene rings is 1. The zero-order valence-electron chi connectivity index (χ0n) is 10.3. The highest BCUT2D eigenvalue weighted by Gasteiger charge is 2.16. The molecular weight excluding hydrogens is 286 g/mol. The molecule has 1 aromatic rings. The molecule has 104 valence electrons. The topological polar surface area (TPSA) is 92.8 Å². The van der Waals surface area contributed by atoms with Crippen LogP contribution in [-0.4, -0.2) is 27.2 Å². The highest BCUT2D eigenvalue weighted by atomic mass is 32.2. The average molecular weight is 301 g/mol. The number of thiocarbonyl (C=S) groups is 1. The van der Waals surface area contributed by atoms with Gasteiger partial charge in [-0.3, -0.25) is 4.79 Å². The molecule has 5 nitrogen and oxygen atoms in total. The number of carbonyl (C=O) groups is 1. The second-order valence-corrected chi connectivity index (χ2v) is 5.25. The van der Waals surface area contributed by atoms with Gasteiger partial charge in [0.25, 0.3) is 0 Å². The molecule has 0 amide bonds. The van der Waals surface area contributed by atoms with Crippen molar-refractivity contribution >= 4 is 34.3 Å². The normalized spacial score (nSPS) is 11.9. The molecule has 1 atom stereocenters. The number of hydrogen-bond acceptors (Lipinski definition) is 6. The molecule has 0 aliphatic rings. The Morgan fingerprint density at radius 3 is 2.84 bits per heavy atom. The van der Waals surface area contributed by atoms with Crippen LogP contribution >= 0.6 is 24.0 Å². The van der Waals surface area contributed by atoms with E-state index in [-0.39, 0.29) is 5.75 Å². The van der Waals surface area contributed by atoms with Gasteiger partial charge in [-0.25, -0.2) is 0 Å². The Bertz CT molecular complexity index is 479. The summed E-state index contributed by atoms with van der Waals surface area (Å²) in [4.78, 5) is 10.8. The van der Waals surface area contributed by atoms with E-state index in [2.05, 4.69) is 0 Å². The minimum Gasteiger partial charge on any atom is -0.508 e. The molecule has 0 aromatic heterocycles. The van der Waals surface area contributed by atoms with E-state index in [1.165, 1.54) is 23.9 Å². The lowest BCUT2D eigenvalue weighted by Crippen LogP contribution is -2.20. The van der Waals surface area contributed by atoms with Crippen LogP contribution in [-0.2, 0) is 15.3 Å². The number of hydrogen-bond donors (Lipinski definition) is 3. The lowest BCUT2D eigenvalue weighted by atomic mass is 10.0. The van der Waals surface area contributed by atoms with Gasteiger partial charge in [-0.15, -0.1) is 0 Å². The van der Waals surface area contributed by atoms with Gasteiger partial charge in [0, 0.05) is 11.3 Å². The molecule has 0 saturated carbocycles. The fourth-order valence-corrected chi connectivity index (χ4v) is 2.35. The van der Waals surface area contributed by atoms with Gasteiger partial charge in [-0.1, -0.05) is 17.8 Å². The molecule has 0 spiro atoms. The molecule has 0 heterocycles. The molecule has 1 unspecified atom stereocenters. The van der Waals surface area contributed by atoms with Gasteiger partial charge in [-0.05, 0) is 36.8 Å². The standard InChI is InChI=1S/C12H15NO4S2/c1-2-17-12(18)19-6-8-5-7(3-4-9(8)14)10(13)11(15)16/h3-5,10,14H,2,6,13H2,1H3,(H,15,16). The van der Waals surface area contributed by atoms with E-state index in [0.717, 1.165) is 0 Å². The summed E-state index contributed by atoms with van der Waals surface area (Å²) in [7, 11) is 0. The van der Waals surface area contributed by atoms with Gasteiger partial charge < -0.3 is 20.7 Å². The number of rotatable bonds is 5. The number of nitrogens with two attached hydrogens (primary N) is 1. The molecule has 19 heavy (non-hydrogen) atoms. The summed E-state index contributed by atoms with van der Waals surface area (Å²) in [6.07, 6.45) is 0. The lowest BCUT2D eigenvalue weighted by molar-refractivity contribution is -0.138. The van der Waals surface area contributed by atoms with Crippen molar-refractivity contribution in [3.05, 3.63) is 29.3 Å². The summed E-state index contributed by atoms with van der Waals surface area (Å²) in [5, 5.41) is 18.6. The van der Waals surface area contributed by atoms with Gasteiger partial charge >= 0.3 is 5.97 Å². The van der Waals surface area contributed by atoms with E-state index in [1.54, 1.807) is 6.07 Å². The van der Waals surface area contributed by atoms with Crippen molar-refractivity contribution in [3.8, 4) is 5.75 Å². The van der Waals surface area contributed by atoms with Gasteiger partial charge in [0.05, 0.1) is 6.61 Å². The molecule has 0 saturated heterocycles. The van der Waals surface area contributed by atoms with Crippen molar-refractivity contribution in [3.63, 3.8) is 0 Å². The minimum absolute atomic E-state index is 0.0770. The first-order chi connectivity index (χ1) is 8.95. The Labute approximate surface area is 120 Å². The Hall–Kier alpha value is -1.31. The van der Waals surface area contributed by atoms with Crippen molar-refractivity contribution in [2.45, 2.75) is 18.7 Å². The summed E-state index contributed by atoms with van der Waals surface area (Å²) >= 11 is 6.22. The molecule has 1 aromatic carbocycles. The Morgan fingerprint density at radius 1 is 1.58 bits per heavy atom. The van der Waals surface area contributed by atoms with Crippen LogP contribution in [0.25, 0.3) is 0 Å². The molecule has 0 fully saturated rings. The predicted octanol–water partition coefficient (Wildman–Crippen LogP) is 2.03. The third-order valence-corrected chi connectivity index (χ3v) is 3.62. The predicted molar refractivity (Wildman–Crippen MR) is 78.2 cm³/mol. The SMILES string of the molecule is CCOC(=S)SCc1cc(C(N)C(=O)O)ccc1O. The smallest absolute Gasteiger partial charge is 0.325 e. The largest absolute Gasteiger partial charge is 0.508 e. The summed E-state index contributed by atoms with van der Waals surface area (Å²) in [6, 6.07) is 3.37. The number of carboxylic acids is 1. The van der Waals surface area contributed by atoms with Crippen LogP contribution in [0, 0.1) is 0 Å². The molecule has 4 N–H and O–H groups in total. The van der Waals surface area contributed by atoms with Gasteiger partial charge in [0.2, 0.25) is 4.38 Å². The maximum Gasteiger partial charge on any atom is 0.325 e. The Kier molecular flexibility index (Phi) is 6.07. The van der Waals surface area contributed by atoms with Crippen LogP contribution in [0.1, 0.15) is 24.1 Å². The first-order valence-corrected chi connectivity index (χ1v) is 6.94. The lowest BCUT2D eigenvalue weighted by Gasteiger charge is -2.11. The van der Waals surface area contributed by atoms with Crippen molar-refractivity contribution in [1.82, 2.24) is 0 Å². The second kappa shape index (κ2) is 7.32. The monoisotopic (exact) mass is 301 g/mol. The average Bonchev–Trinajstić information content (AvgIpc) is 2.37. The number of carboxylic acid groups (broad SMARTS) is 1. The van der Waals surface area contributed by atoms with Crippen LogP contribution in [0.15, 0.2) is 18.2 Å². The number of aliphatic carboxylic acids is 1. The van der Waals surface area contributed by atoms with Crippen LogP contribution in [0.3, 0.4) is 0 Å². The third-order valence-electron chi connectivity index (χ3n) is 2.34. The van der Waals surface area contributed by atoms with Crippen molar-refractivity contribution in [2.24, 2.45) is 5.73 Å². The van der Waals surface area contributed by atoms with Crippen LogP contribution < -0.4 is 5.73 Å². The summed E-state index contributed by atoms with van der Waals surface area (Å²) in [5.74, 6) is -0.646. The van der Waals surface area contributed by atoms with E-state index in [1.807, 2.05) is 6.92 Å². The van der Waals surface area contributed by atoms with E-state index in [4.69, 9.17) is 27.8 Å². The molecule has 0 bridgehead atoms. The van der Waals surface area contributed by atoms with E-state index < -0.39 is 12.0 Å².